The minimum atomic E-state index is -0.236. The third-order valence-corrected chi connectivity index (χ3v) is 4.42. The number of aryl methyl sites for hydroxylation is 2. The molecule has 9 nitrogen and oxygen atoms in total. The maximum atomic E-state index is 12.2. The van der Waals surface area contributed by atoms with Crippen LogP contribution in [0.3, 0.4) is 0 Å². The molecule has 0 saturated carbocycles. The molecule has 0 aliphatic rings. The first-order valence-corrected chi connectivity index (χ1v) is 10.3. The van der Waals surface area contributed by atoms with Crippen LogP contribution in [0.1, 0.15) is 31.4 Å². The first-order chi connectivity index (χ1) is 15.1. The zero-order valence-corrected chi connectivity index (χ0v) is 18.1. The van der Waals surface area contributed by atoms with Gasteiger partial charge in [0.15, 0.2) is 18.1 Å². The van der Waals surface area contributed by atoms with Gasteiger partial charge in [0.25, 0.3) is 5.91 Å². The Morgan fingerprint density at radius 2 is 1.87 bits per heavy atom. The van der Waals surface area contributed by atoms with Gasteiger partial charge in [-0.25, -0.2) is 4.68 Å². The number of hydrogen-bond donors (Lipinski definition) is 2. The van der Waals surface area contributed by atoms with Crippen molar-refractivity contribution >= 4 is 17.5 Å². The van der Waals surface area contributed by atoms with Crippen LogP contribution < -0.4 is 20.1 Å². The fourth-order valence-corrected chi connectivity index (χ4v) is 2.90. The van der Waals surface area contributed by atoms with Crippen LogP contribution >= 0.6 is 0 Å². The SMILES string of the molecule is CCCn1nnnc1NCc1ccc(OCC(=O)Nc2ccc(C)cc2)c(OCC)c1. The van der Waals surface area contributed by atoms with Crippen LogP contribution in [0.4, 0.5) is 11.6 Å². The van der Waals surface area contributed by atoms with Crippen molar-refractivity contribution in [3.05, 3.63) is 53.6 Å². The summed E-state index contributed by atoms with van der Waals surface area (Å²) in [5, 5.41) is 17.7. The summed E-state index contributed by atoms with van der Waals surface area (Å²) in [7, 11) is 0. The summed E-state index contributed by atoms with van der Waals surface area (Å²) < 4.78 is 13.2. The summed E-state index contributed by atoms with van der Waals surface area (Å²) in [6.07, 6.45) is 0.942. The van der Waals surface area contributed by atoms with Gasteiger partial charge in [-0.2, -0.15) is 0 Å². The van der Waals surface area contributed by atoms with Crippen molar-refractivity contribution in [1.82, 2.24) is 20.2 Å². The third-order valence-electron chi connectivity index (χ3n) is 4.42. The summed E-state index contributed by atoms with van der Waals surface area (Å²) in [4.78, 5) is 12.2. The number of nitrogens with one attached hydrogen (secondary N) is 2. The molecule has 3 aromatic rings. The van der Waals surface area contributed by atoms with Gasteiger partial charge in [-0.05, 0) is 60.5 Å². The van der Waals surface area contributed by atoms with Crippen LogP contribution in [-0.2, 0) is 17.9 Å². The van der Waals surface area contributed by atoms with Gasteiger partial charge >= 0.3 is 0 Å². The van der Waals surface area contributed by atoms with E-state index in [1.54, 1.807) is 10.7 Å². The maximum absolute atomic E-state index is 12.2. The summed E-state index contributed by atoms with van der Waals surface area (Å²) in [6.45, 7) is 7.61. The van der Waals surface area contributed by atoms with Crippen molar-refractivity contribution in [1.29, 1.82) is 0 Å². The van der Waals surface area contributed by atoms with Gasteiger partial charge in [0.05, 0.1) is 6.61 Å². The normalized spacial score (nSPS) is 10.5. The van der Waals surface area contributed by atoms with Crippen molar-refractivity contribution in [2.24, 2.45) is 0 Å². The van der Waals surface area contributed by atoms with E-state index in [4.69, 9.17) is 9.47 Å². The molecule has 9 heteroatoms. The van der Waals surface area contributed by atoms with Crippen molar-refractivity contribution in [2.75, 3.05) is 23.8 Å². The predicted octanol–water partition coefficient (Wildman–Crippen LogP) is 3.42. The molecule has 1 aromatic heterocycles. The van der Waals surface area contributed by atoms with Crippen LogP contribution in [0.2, 0.25) is 0 Å². The Kier molecular flexibility index (Phi) is 7.80. The summed E-state index contributed by atoms with van der Waals surface area (Å²) >= 11 is 0. The van der Waals surface area contributed by atoms with Crippen molar-refractivity contribution in [3.63, 3.8) is 0 Å². The van der Waals surface area contributed by atoms with E-state index >= 15 is 0 Å². The molecule has 0 fully saturated rings. The van der Waals surface area contributed by atoms with Crippen molar-refractivity contribution in [2.45, 2.75) is 40.3 Å². The second-order valence-electron chi connectivity index (χ2n) is 7.00. The van der Waals surface area contributed by atoms with Gasteiger partial charge < -0.3 is 20.1 Å². The minimum absolute atomic E-state index is 0.114. The highest BCUT2D eigenvalue weighted by Crippen LogP contribution is 2.29. The zero-order valence-electron chi connectivity index (χ0n) is 18.1. The number of benzene rings is 2. The van der Waals surface area contributed by atoms with E-state index in [0.717, 1.165) is 29.8 Å². The molecule has 1 heterocycles. The Balaban J connectivity index is 1.59. The fraction of sp³-hybridized carbons (Fsp3) is 0.364. The summed E-state index contributed by atoms with van der Waals surface area (Å²) in [5.74, 6) is 1.48. The first kappa shape index (κ1) is 22.1. The number of carbonyl (C=O) groups is 1. The van der Waals surface area contributed by atoms with Crippen molar-refractivity contribution < 1.29 is 14.3 Å². The van der Waals surface area contributed by atoms with E-state index in [1.165, 1.54) is 0 Å². The number of nitrogens with zero attached hydrogens (tertiary/aromatic N) is 4. The van der Waals surface area contributed by atoms with E-state index in [-0.39, 0.29) is 12.5 Å². The highest BCUT2D eigenvalue weighted by molar-refractivity contribution is 5.91. The molecule has 0 bridgehead atoms. The third kappa shape index (κ3) is 6.43. The standard InChI is InChI=1S/C22H28N6O3/c1-4-12-28-22(25-26-27-28)23-14-17-8-11-19(20(13-17)30-5-2)31-15-21(29)24-18-9-6-16(3)7-10-18/h6-11,13H,4-5,12,14-15H2,1-3H3,(H,24,29)(H,23,25,27). The average molecular weight is 425 g/mol. The molecule has 0 atom stereocenters. The second-order valence-corrected chi connectivity index (χ2v) is 7.00. The van der Waals surface area contributed by atoms with Gasteiger partial charge in [-0.15, -0.1) is 0 Å². The van der Waals surface area contributed by atoms with Gasteiger partial charge in [0.1, 0.15) is 0 Å². The summed E-state index contributed by atoms with van der Waals surface area (Å²) in [6, 6.07) is 13.2. The van der Waals surface area contributed by atoms with Crippen LogP contribution in [-0.4, -0.2) is 39.3 Å². The fourth-order valence-electron chi connectivity index (χ4n) is 2.90. The maximum Gasteiger partial charge on any atom is 0.262 e. The quantitative estimate of drug-likeness (QED) is 0.486. The minimum Gasteiger partial charge on any atom is -0.490 e. The zero-order chi connectivity index (χ0) is 22.1. The average Bonchev–Trinajstić information content (AvgIpc) is 3.21. The molecular weight excluding hydrogens is 396 g/mol. The molecule has 31 heavy (non-hydrogen) atoms. The Hall–Kier alpha value is -3.62. The van der Waals surface area contributed by atoms with Crippen LogP contribution in [0, 0.1) is 6.92 Å². The highest BCUT2D eigenvalue weighted by Gasteiger charge is 2.11. The highest BCUT2D eigenvalue weighted by atomic mass is 16.5. The molecule has 0 unspecified atom stereocenters. The van der Waals surface area contributed by atoms with Gasteiger partial charge in [-0.1, -0.05) is 35.8 Å². The van der Waals surface area contributed by atoms with Crippen LogP contribution in [0.25, 0.3) is 0 Å². The molecule has 1 amide bonds. The Morgan fingerprint density at radius 1 is 1.06 bits per heavy atom. The lowest BCUT2D eigenvalue weighted by Gasteiger charge is -2.14. The Labute approximate surface area is 181 Å². The second kappa shape index (κ2) is 11.0. The number of rotatable bonds is 11. The van der Waals surface area contributed by atoms with Crippen molar-refractivity contribution in [3.8, 4) is 11.5 Å². The first-order valence-electron chi connectivity index (χ1n) is 10.3. The van der Waals surface area contributed by atoms with E-state index in [2.05, 4.69) is 33.1 Å². The molecule has 0 aliphatic heterocycles. The van der Waals surface area contributed by atoms with E-state index < -0.39 is 0 Å². The molecule has 2 aromatic carbocycles. The molecule has 2 N–H and O–H groups in total. The molecule has 3 rings (SSSR count). The number of anilines is 2. The molecular formula is C22H28N6O3. The molecule has 0 radical (unpaired) electrons. The van der Waals surface area contributed by atoms with Crippen LogP contribution in [0.15, 0.2) is 42.5 Å². The number of amides is 1. The topological polar surface area (TPSA) is 103 Å². The molecule has 0 aliphatic carbocycles. The Bertz CT molecular complexity index is 987. The number of ether oxygens (including phenoxy) is 2. The number of tetrazole rings is 1. The number of hydrogen-bond acceptors (Lipinski definition) is 7. The van der Waals surface area contributed by atoms with Gasteiger partial charge in [0.2, 0.25) is 5.95 Å². The Morgan fingerprint density at radius 3 is 2.61 bits per heavy atom. The van der Waals surface area contributed by atoms with Gasteiger partial charge in [0, 0.05) is 18.8 Å². The van der Waals surface area contributed by atoms with Gasteiger partial charge in [-0.3, -0.25) is 4.79 Å². The lowest BCUT2D eigenvalue weighted by Crippen LogP contribution is -2.20. The number of carbonyl (C=O) groups excluding carboxylic acids is 1. The largest absolute Gasteiger partial charge is 0.490 e. The monoisotopic (exact) mass is 424 g/mol. The van der Waals surface area contributed by atoms with E-state index in [0.29, 0.717) is 30.6 Å². The molecule has 0 spiro atoms. The lowest BCUT2D eigenvalue weighted by atomic mass is 10.2. The smallest absolute Gasteiger partial charge is 0.262 e. The summed E-state index contributed by atoms with van der Waals surface area (Å²) in [5.41, 5.74) is 2.84. The number of aromatic nitrogens is 4. The van der Waals surface area contributed by atoms with E-state index in [9.17, 15) is 4.79 Å². The van der Waals surface area contributed by atoms with Crippen LogP contribution in [0.5, 0.6) is 11.5 Å². The lowest BCUT2D eigenvalue weighted by molar-refractivity contribution is -0.118. The van der Waals surface area contributed by atoms with E-state index in [1.807, 2.05) is 50.2 Å². The molecule has 164 valence electrons. The molecule has 0 saturated heterocycles. The predicted molar refractivity (Wildman–Crippen MR) is 118 cm³/mol.